The number of hydrogen-bond donors (Lipinski definition) is 2. The van der Waals surface area contributed by atoms with Crippen LogP contribution in [0.2, 0.25) is 0 Å². The van der Waals surface area contributed by atoms with E-state index < -0.39 is 5.82 Å². The Labute approximate surface area is 114 Å². The summed E-state index contributed by atoms with van der Waals surface area (Å²) in [5.74, 6) is -0.848. The Morgan fingerprint density at radius 1 is 1.53 bits per heavy atom. The van der Waals surface area contributed by atoms with E-state index in [2.05, 4.69) is 26.6 Å². The second kappa shape index (κ2) is 6.33. The maximum atomic E-state index is 13.4. The van der Waals surface area contributed by atoms with Crippen LogP contribution < -0.4 is 10.6 Å². The lowest BCUT2D eigenvalue weighted by atomic mass is 10.1. The molecule has 2 rings (SSSR count). The molecular weight excluding hydrogens is 310 g/mol. The van der Waals surface area contributed by atoms with E-state index in [1.165, 1.54) is 12.1 Å². The molecular formula is C11H13BrClFN2O. The third kappa shape index (κ3) is 3.66. The van der Waals surface area contributed by atoms with E-state index in [1.807, 2.05) is 0 Å². The lowest BCUT2D eigenvalue weighted by Crippen LogP contribution is -2.36. The van der Waals surface area contributed by atoms with E-state index in [0.717, 1.165) is 19.5 Å². The normalized spacial score (nSPS) is 18.6. The molecule has 1 aromatic carbocycles. The number of carbonyl (C=O) groups is 1. The van der Waals surface area contributed by atoms with Gasteiger partial charge in [0.1, 0.15) is 5.82 Å². The summed E-state index contributed by atoms with van der Waals surface area (Å²) < 4.78 is 14.1. The molecule has 17 heavy (non-hydrogen) atoms. The topological polar surface area (TPSA) is 41.1 Å². The predicted octanol–water partition coefficient (Wildman–Crippen LogP) is 2.10. The van der Waals surface area contributed by atoms with Crippen LogP contribution in [0.4, 0.5) is 4.39 Å². The molecule has 1 aliphatic heterocycles. The van der Waals surface area contributed by atoms with Crippen molar-refractivity contribution in [2.24, 2.45) is 0 Å². The molecule has 1 aliphatic rings. The quantitative estimate of drug-likeness (QED) is 0.875. The van der Waals surface area contributed by atoms with Crippen molar-refractivity contribution >= 4 is 34.2 Å². The molecule has 0 bridgehead atoms. The van der Waals surface area contributed by atoms with Crippen molar-refractivity contribution in [3.63, 3.8) is 0 Å². The van der Waals surface area contributed by atoms with E-state index in [9.17, 15) is 9.18 Å². The number of nitrogens with one attached hydrogen (secondary N) is 2. The molecule has 94 valence electrons. The molecule has 0 spiro atoms. The average Bonchev–Trinajstić information content (AvgIpc) is 2.74. The molecule has 6 heteroatoms. The van der Waals surface area contributed by atoms with E-state index in [1.54, 1.807) is 6.07 Å². The molecule has 1 aromatic rings. The lowest BCUT2D eigenvalue weighted by Gasteiger charge is -2.11. The molecule has 2 N–H and O–H groups in total. The van der Waals surface area contributed by atoms with E-state index in [4.69, 9.17) is 0 Å². The van der Waals surface area contributed by atoms with Gasteiger partial charge in [-0.3, -0.25) is 4.79 Å². The molecule has 1 unspecified atom stereocenters. The van der Waals surface area contributed by atoms with E-state index >= 15 is 0 Å². The van der Waals surface area contributed by atoms with Gasteiger partial charge in [0.05, 0.1) is 5.56 Å². The Balaban J connectivity index is 0.00000144. The van der Waals surface area contributed by atoms with Gasteiger partial charge in [-0.25, -0.2) is 4.39 Å². The number of amides is 1. The van der Waals surface area contributed by atoms with Crippen molar-refractivity contribution in [3.8, 4) is 0 Å². The van der Waals surface area contributed by atoms with E-state index in [-0.39, 0.29) is 29.9 Å². The average molecular weight is 324 g/mol. The van der Waals surface area contributed by atoms with Crippen LogP contribution in [0, 0.1) is 5.82 Å². The van der Waals surface area contributed by atoms with Gasteiger partial charge >= 0.3 is 0 Å². The molecule has 1 atom stereocenters. The van der Waals surface area contributed by atoms with Crippen molar-refractivity contribution in [1.82, 2.24) is 10.6 Å². The molecule has 1 saturated heterocycles. The lowest BCUT2D eigenvalue weighted by molar-refractivity contribution is 0.0936. The van der Waals surface area contributed by atoms with Crippen LogP contribution in [0.15, 0.2) is 22.7 Å². The fourth-order valence-corrected chi connectivity index (χ4v) is 2.07. The van der Waals surface area contributed by atoms with Gasteiger partial charge in [-0.05, 0) is 31.2 Å². The van der Waals surface area contributed by atoms with Crippen LogP contribution in [0.25, 0.3) is 0 Å². The Kier molecular flexibility index (Phi) is 5.36. The molecule has 0 aliphatic carbocycles. The molecule has 0 saturated carbocycles. The summed E-state index contributed by atoms with van der Waals surface area (Å²) in [4.78, 5) is 11.8. The van der Waals surface area contributed by atoms with Crippen LogP contribution in [0.5, 0.6) is 0 Å². The van der Waals surface area contributed by atoms with Gasteiger partial charge in [-0.2, -0.15) is 0 Å². The van der Waals surface area contributed by atoms with Gasteiger partial charge in [-0.1, -0.05) is 15.9 Å². The minimum absolute atomic E-state index is 0. The first-order chi connectivity index (χ1) is 7.66. The fourth-order valence-electron chi connectivity index (χ4n) is 1.71. The number of benzene rings is 1. The van der Waals surface area contributed by atoms with Crippen molar-refractivity contribution in [3.05, 3.63) is 34.1 Å². The largest absolute Gasteiger partial charge is 0.348 e. The molecule has 0 aromatic heterocycles. The van der Waals surface area contributed by atoms with Gasteiger partial charge in [0.2, 0.25) is 0 Å². The second-order valence-corrected chi connectivity index (χ2v) is 4.70. The highest BCUT2D eigenvalue weighted by atomic mass is 79.9. The van der Waals surface area contributed by atoms with Crippen LogP contribution in [-0.4, -0.2) is 25.0 Å². The van der Waals surface area contributed by atoms with Crippen LogP contribution >= 0.6 is 28.3 Å². The fraction of sp³-hybridized carbons (Fsp3) is 0.364. The Bertz CT molecular complexity index is 410. The third-order valence-corrected chi connectivity index (χ3v) is 3.06. The molecule has 0 radical (unpaired) electrons. The Morgan fingerprint density at radius 2 is 2.29 bits per heavy atom. The zero-order chi connectivity index (χ0) is 11.5. The van der Waals surface area contributed by atoms with Gasteiger partial charge in [0.25, 0.3) is 5.91 Å². The maximum Gasteiger partial charge on any atom is 0.254 e. The van der Waals surface area contributed by atoms with Gasteiger partial charge in [0.15, 0.2) is 0 Å². The maximum absolute atomic E-state index is 13.4. The highest BCUT2D eigenvalue weighted by molar-refractivity contribution is 9.10. The SMILES string of the molecule is Cl.O=C(NC1CCNC1)c1cc(Br)ccc1F. The number of halogens is 3. The minimum Gasteiger partial charge on any atom is -0.348 e. The van der Waals surface area contributed by atoms with Crippen LogP contribution in [0.1, 0.15) is 16.8 Å². The monoisotopic (exact) mass is 322 g/mol. The summed E-state index contributed by atoms with van der Waals surface area (Å²) in [5.41, 5.74) is 0.0845. The van der Waals surface area contributed by atoms with E-state index in [0.29, 0.717) is 4.47 Å². The Hall–Kier alpha value is -0.650. The van der Waals surface area contributed by atoms with Crippen LogP contribution in [0.3, 0.4) is 0 Å². The summed E-state index contributed by atoms with van der Waals surface area (Å²) in [6.45, 7) is 1.65. The molecule has 1 amide bonds. The number of carbonyl (C=O) groups excluding carboxylic acids is 1. The first-order valence-electron chi connectivity index (χ1n) is 5.13. The molecule has 1 fully saturated rings. The molecule has 3 nitrogen and oxygen atoms in total. The van der Waals surface area contributed by atoms with Crippen LogP contribution in [-0.2, 0) is 0 Å². The van der Waals surface area contributed by atoms with Gasteiger partial charge in [-0.15, -0.1) is 12.4 Å². The summed E-state index contributed by atoms with van der Waals surface area (Å²) in [6.07, 6.45) is 0.890. The van der Waals surface area contributed by atoms with Gasteiger partial charge in [0, 0.05) is 17.1 Å². The standard InChI is InChI=1S/C11H12BrFN2O.ClH/c12-7-1-2-10(13)9(5-7)11(16)15-8-3-4-14-6-8;/h1-2,5,8,14H,3-4,6H2,(H,15,16);1H. The zero-order valence-electron chi connectivity index (χ0n) is 9.00. The number of hydrogen-bond acceptors (Lipinski definition) is 2. The first-order valence-corrected chi connectivity index (χ1v) is 5.93. The minimum atomic E-state index is -0.494. The summed E-state index contributed by atoms with van der Waals surface area (Å²) in [5, 5.41) is 5.94. The highest BCUT2D eigenvalue weighted by Crippen LogP contribution is 2.15. The Morgan fingerprint density at radius 3 is 2.94 bits per heavy atom. The van der Waals surface area contributed by atoms with Crippen molar-refractivity contribution in [1.29, 1.82) is 0 Å². The predicted molar refractivity (Wildman–Crippen MR) is 70.1 cm³/mol. The summed E-state index contributed by atoms with van der Waals surface area (Å²) in [7, 11) is 0. The smallest absolute Gasteiger partial charge is 0.254 e. The zero-order valence-corrected chi connectivity index (χ0v) is 11.4. The van der Waals surface area contributed by atoms with Crippen molar-refractivity contribution in [2.45, 2.75) is 12.5 Å². The second-order valence-electron chi connectivity index (χ2n) is 3.79. The van der Waals surface area contributed by atoms with Gasteiger partial charge < -0.3 is 10.6 Å². The first kappa shape index (κ1) is 14.4. The molecule has 1 heterocycles. The third-order valence-electron chi connectivity index (χ3n) is 2.57. The van der Waals surface area contributed by atoms with Crippen molar-refractivity contribution < 1.29 is 9.18 Å². The number of rotatable bonds is 2. The van der Waals surface area contributed by atoms with Crippen molar-refractivity contribution in [2.75, 3.05) is 13.1 Å². The summed E-state index contributed by atoms with van der Waals surface area (Å²) >= 11 is 3.22. The highest BCUT2D eigenvalue weighted by Gasteiger charge is 2.19. The summed E-state index contributed by atoms with van der Waals surface area (Å²) in [6, 6.07) is 4.45.